The van der Waals surface area contributed by atoms with Gasteiger partial charge in [-0.25, -0.2) is 23.4 Å². The summed E-state index contributed by atoms with van der Waals surface area (Å²) in [7, 11) is 1.26. The number of nitrogens with one attached hydrogen (secondary N) is 1. The number of halogens is 3. The molecule has 212 valence electrons. The quantitative estimate of drug-likeness (QED) is 0.404. The molecule has 12 heteroatoms. The smallest absolute Gasteiger partial charge is 0.415 e. The first-order chi connectivity index (χ1) is 19.8. The summed E-state index contributed by atoms with van der Waals surface area (Å²) in [6, 6.07) is 14.7. The lowest BCUT2D eigenvalue weighted by Crippen LogP contribution is -2.51. The average molecular weight is 626 g/mol. The summed E-state index contributed by atoms with van der Waals surface area (Å²) in [5.41, 5.74) is 1.11. The normalized spacial score (nSPS) is 17.5. The molecule has 1 unspecified atom stereocenters. The lowest BCUT2D eigenvalue weighted by molar-refractivity contribution is -0.136. The zero-order chi connectivity index (χ0) is 28.9. The van der Waals surface area contributed by atoms with Crippen LogP contribution in [0.1, 0.15) is 17.3 Å². The van der Waals surface area contributed by atoms with E-state index in [2.05, 4.69) is 31.2 Å². The number of hydrogen-bond donors (Lipinski definition) is 1. The fourth-order valence-corrected chi connectivity index (χ4v) is 5.23. The number of rotatable bonds is 6. The zero-order valence-corrected chi connectivity index (χ0v) is 23.6. The number of ether oxygens (including phenoxy) is 2. The first-order valence-electron chi connectivity index (χ1n) is 12.8. The van der Waals surface area contributed by atoms with E-state index in [-0.39, 0.29) is 23.6 Å². The van der Waals surface area contributed by atoms with Crippen molar-refractivity contribution in [3.63, 3.8) is 0 Å². The zero-order valence-electron chi connectivity index (χ0n) is 22.0. The number of carbonyl (C=O) groups is 2. The summed E-state index contributed by atoms with van der Waals surface area (Å²) in [4.78, 5) is 38.3. The minimum atomic E-state index is -0.938. The summed E-state index contributed by atoms with van der Waals surface area (Å²) in [6.45, 7) is 2.01. The Morgan fingerprint density at radius 2 is 1.80 bits per heavy atom. The van der Waals surface area contributed by atoms with Crippen LogP contribution in [0.2, 0.25) is 0 Å². The van der Waals surface area contributed by atoms with E-state index in [0.29, 0.717) is 47.7 Å². The van der Waals surface area contributed by atoms with Gasteiger partial charge in [0.15, 0.2) is 11.7 Å². The van der Waals surface area contributed by atoms with Crippen LogP contribution in [0.3, 0.4) is 0 Å². The van der Waals surface area contributed by atoms with Crippen molar-refractivity contribution < 1.29 is 27.8 Å². The molecule has 3 heterocycles. The number of nitrogens with zero attached hydrogens (tertiary/aromatic N) is 4. The van der Waals surface area contributed by atoms with Crippen LogP contribution in [0.5, 0.6) is 5.75 Å². The van der Waals surface area contributed by atoms with Crippen LogP contribution < -0.4 is 10.1 Å². The highest BCUT2D eigenvalue weighted by molar-refractivity contribution is 9.10. The van der Waals surface area contributed by atoms with Crippen molar-refractivity contribution in [3.05, 3.63) is 105 Å². The van der Waals surface area contributed by atoms with Gasteiger partial charge in [-0.3, -0.25) is 9.89 Å². The van der Waals surface area contributed by atoms with Gasteiger partial charge in [0.05, 0.1) is 12.7 Å². The Morgan fingerprint density at radius 3 is 2.49 bits per heavy atom. The molecule has 2 aliphatic rings. The maximum atomic E-state index is 14.8. The highest BCUT2D eigenvalue weighted by atomic mass is 79.9. The largest absolute Gasteiger partial charge is 0.466 e. The van der Waals surface area contributed by atoms with E-state index in [1.165, 1.54) is 43.6 Å². The molecule has 2 aliphatic heterocycles. The van der Waals surface area contributed by atoms with Gasteiger partial charge in [0, 0.05) is 49.1 Å². The van der Waals surface area contributed by atoms with E-state index in [1.54, 1.807) is 29.2 Å². The fraction of sp³-hybridized carbons (Fsp3) is 0.241. The molecule has 41 heavy (non-hydrogen) atoms. The third-order valence-electron chi connectivity index (χ3n) is 6.73. The van der Waals surface area contributed by atoms with Gasteiger partial charge in [0.1, 0.15) is 23.3 Å². The molecular weight excluding hydrogens is 600 g/mol. The summed E-state index contributed by atoms with van der Waals surface area (Å²) in [5.74, 6) is -1.12. The number of esters is 1. The number of hydrogen-bond acceptors (Lipinski definition) is 8. The van der Waals surface area contributed by atoms with Crippen LogP contribution in [0.15, 0.2) is 87.6 Å². The molecule has 2 aromatic carbocycles. The molecule has 0 bridgehead atoms. The van der Waals surface area contributed by atoms with Crippen LogP contribution >= 0.6 is 15.9 Å². The second kappa shape index (κ2) is 12.6. The van der Waals surface area contributed by atoms with E-state index >= 15 is 0 Å². The van der Waals surface area contributed by atoms with Crippen molar-refractivity contribution in [2.75, 3.05) is 39.8 Å². The van der Waals surface area contributed by atoms with E-state index in [4.69, 9.17) is 9.47 Å². The van der Waals surface area contributed by atoms with Gasteiger partial charge in [-0.05, 0) is 42.0 Å². The Morgan fingerprint density at radius 1 is 1.05 bits per heavy atom. The van der Waals surface area contributed by atoms with Crippen molar-refractivity contribution in [2.24, 2.45) is 4.99 Å². The number of aliphatic imine (C=N–C) groups is 1. The number of carbonyl (C=O) groups excluding carboxylic acids is 2. The molecular formula is C29H26BrF2N5O4. The van der Waals surface area contributed by atoms with Gasteiger partial charge in [0.2, 0.25) is 0 Å². The summed E-state index contributed by atoms with van der Waals surface area (Å²) in [6.07, 6.45) is 1.00. The number of amidine groups is 1. The maximum absolute atomic E-state index is 14.8. The molecule has 0 radical (unpaired) electrons. The first-order valence-corrected chi connectivity index (χ1v) is 13.6. The average Bonchev–Trinajstić information content (AvgIpc) is 2.97. The second-order valence-electron chi connectivity index (χ2n) is 9.33. The fourth-order valence-electron chi connectivity index (χ4n) is 4.67. The van der Waals surface area contributed by atoms with Gasteiger partial charge in [0.25, 0.3) is 0 Å². The summed E-state index contributed by atoms with van der Waals surface area (Å²) in [5, 5.41) is 3.11. The molecule has 3 aromatic rings. The van der Waals surface area contributed by atoms with Crippen molar-refractivity contribution in [2.45, 2.75) is 6.04 Å². The Balaban J connectivity index is 1.42. The molecule has 5 rings (SSSR count). The van der Waals surface area contributed by atoms with Gasteiger partial charge < -0.3 is 19.7 Å². The lowest BCUT2D eigenvalue weighted by atomic mass is 9.95. The number of amides is 1. The van der Waals surface area contributed by atoms with Crippen molar-refractivity contribution in [1.82, 2.24) is 20.1 Å². The van der Waals surface area contributed by atoms with E-state index < -0.39 is 29.7 Å². The summed E-state index contributed by atoms with van der Waals surface area (Å²) < 4.78 is 39.7. The minimum absolute atomic E-state index is 0.0226. The Labute approximate surface area is 243 Å². The predicted octanol–water partition coefficient (Wildman–Crippen LogP) is 4.46. The number of pyridine rings is 1. The number of para-hydroxylation sites is 1. The molecule has 1 N–H and O–H groups in total. The highest BCUT2D eigenvalue weighted by Gasteiger charge is 2.35. The van der Waals surface area contributed by atoms with Crippen molar-refractivity contribution in [3.8, 4) is 5.75 Å². The Bertz CT molecular complexity index is 1510. The second-order valence-corrected chi connectivity index (χ2v) is 10.2. The van der Waals surface area contributed by atoms with Crippen molar-refractivity contribution in [1.29, 1.82) is 0 Å². The van der Waals surface area contributed by atoms with Gasteiger partial charge in [-0.15, -0.1) is 0 Å². The standard InChI is InChI=1S/C29H26BrF2N5O4/c1-40-28(38)24-23(17-36-12-14-37(15-13-36)29(39)41-19-6-3-2-4-7-19)34-27(26-22(32)8-5-11-33-26)35-25(24)20-10-9-18(31)16-21(20)30/h2-11,16,25H,12-15,17H2,1H3,(H,34,35). The van der Waals surface area contributed by atoms with Crippen LogP contribution in [0, 0.1) is 11.6 Å². The number of benzene rings is 2. The third-order valence-corrected chi connectivity index (χ3v) is 7.42. The van der Waals surface area contributed by atoms with E-state index in [9.17, 15) is 18.4 Å². The molecule has 0 aliphatic carbocycles. The molecule has 1 aromatic heterocycles. The lowest BCUT2D eigenvalue weighted by Gasteiger charge is -2.36. The van der Waals surface area contributed by atoms with Gasteiger partial charge in [-0.1, -0.05) is 40.2 Å². The molecule has 9 nitrogen and oxygen atoms in total. The molecule has 1 fully saturated rings. The molecule has 1 amide bonds. The van der Waals surface area contributed by atoms with E-state index in [0.717, 1.165) is 0 Å². The monoisotopic (exact) mass is 625 g/mol. The Hall–Kier alpha value is -4.16. The number of aromatic nitrogens is 1. The van der Waals surface area contributed by atoms with E-state index in [1.807, 2.05) is 11.0 Å². The van der Waals surface area contributed by atoms with Crippen LogP contribution in [0.25, 0.3) is 0 Å². The SMILES string of the molecule is COC(=O)C1=C(CN2CCN(C(=O)Oc3ccccc3)CC2)NC(c2ncccc2F)=NC1c1ccc(F)cc1Br. The topological polar surface area (TPSA) is 96.4 Å². The van der Waals surface area contributed by atoms with Gasteiger partial charge in [-0.2, -0.15) is 0 Å². The number of piperazine rings is 1. The molecule has 0 saturated carbocycles. The highest BCUT2D eigenvalue weighted by Crippen LogP contribution is 2.37. The molecule has 1 saturated heterocycles. The van der Waals surface area contributed by atoms with Gasteiger partial charge >= 0.3 is 12.1 Å². The summed E-state index contributed by atoms with van der Waals surface area (Å²) >= 11 is 3.38. The first kappa shape index (κ1) is 28.4. The maximum Gasteiger partial charge on any atom is 0.415 e. The molecule has 0 spiro atoms. The van der Waals surface area contributed by atoms with Crippen LogP contribution in [-0.4, -0.2) is 72.5 Å². The number of methoxy groups -OCH3 is 1. The predicted molar refractivity (Wildman–Crippen MR) is 150 cm³/mol. The van der Waals surface area contributed by atoms with Crippen LogP contribution in [-0.2, 0) is 9.53 Å². The van der Waals surface area contributed by atoms with Crippen LogP contribution in [0.4, 0.5) is 13.6 Å². The Kier molecular flexibility index (Phi) is 8.70. The third kappa shape index (κ3) is 6.44. The molecule has 1 atom stereocenters. The van der Waals surface area contributed by atoms with Crippen molar-refractivity contribution >= 4 is 33.8 Å². The minimum Gasteiger partial charge on any atom is -0.466 e.